The molecular formula is C13H7BrFNO5. The highest BCUT2D eigenvalue weighted by molar-refractivity contribution is 9.10. The summed E-state index contributed by atoms with van der Waals surface area (Å²) in [5.74, 6) is -1.74. The van der Waals surface area contributed by atoms with Gasteiger partial charge in [-0.05, 0) is 40.2 Å². The van der Waals surface area contributed by atoms with Gasteiger partial charge in [-0.15, -0.1) is 0 Å². The van der Waals surface area contributed by atoms with E-state index in [-0.39, 0.29) is 27.2 Å². The van der Waals surface area contributed by atoms with Gasteiger partial charge >= 0.3 is 5.97 Å². The molecule has 0 aromatic heterocycles. The van der Waals surface area contributed by atoms with E-state index < -0.39 is 16.7 Å². The minimum Gasteiger partial charge on any atom is -0.478 e. The third-order valence-electron chi connectivity index (χ3n) is 2.52. The van der Waals surface area contributed by atoms with Crippen LogP contribution in [0.3, 0.4) is 0 Å². The van der Waals surface area contributed by atoms with Crippen molar-refractivity contribution >= 4 is 27.6 Å². The van der Waals surface area contributed by atoms with Crippen LogP contribution in [0.4, 0.5) is 10.1 Å². The first kappa shape index (κ1) is 14.9. The molecule has 0 amide bonds. The number of nitro benzene ring substituents is 1. The van der Waals surface area contributed by atoms with E-state index >= 15 is 0 Å². The molecule has 0 atom stereocenters. The lowest BCUT2D eigenvalue weighted by atomic mass is 10.2. The quantitative estimate of drug-likeness (QED) is 0.661. The van der Waals surface area contributed by atoms with Crippen molar-refractivity contribution in [3.05, 3.63) is 62.4 Å². The van der Waals surface area contributed by atoms with Crippen LogP contribution in [0.2, 0.25) is 0 Å². The van der Waals surface area contributed by atoms with E-state index in [0.717, 1.165) is 18.2 Å². The molecule has 0 aliphatic heterocycles. The first-order valence-electron chi connectivity index (χ1n) is 5.53. The third-order valence-corrected chi connectivity index (χ3v) is 3.13. The van der Waals surface area contributed by atoms with Crippen molar-refractivity contribution in [1.29, 1.82) is 0 Å². The van der Waals surface area contributed by atoms with Crippen molar-refractivity contribution in [2.45, 2.75) is 0 Å². The Morgan fingerprint density at radius 3 is 2.57 bits per heavy atom. The highest BCUT2D eigenvalue weighted by Gasteiger charge is 2.18. The van der Waals surface area contributed by atoms with E-state index in [1.807, 2.05) is 0 Å². The zero-order valence-electron chi connectivity index (χ0n) is 10.2. The van der Waals surface area contributed by atoms with E-state index in [1.54, 1.807) is 0 Å². The Hall–Kier alpha value is -2.48. The van der Waals surface area contributed by atoms with Gasteiger partial charge < -0.3 is 9.84 Å². The smallest absolute Gasteiger partial charge is 0.339 e. The molecule has 2 aromatic rings. The number of nitro groups is 1. The van der Waals surface area contributed by atoms with Gasteiger partial charge in [0.05, 0.1) is 9.40 Å². The second-order valence-electron chi connectivity index (χ2n) is 3.92. The number of aromatic carboxylic acids is 1. The Labute approximate surface area is 126 Å². The molecule has 1 N–H and O–H groups in total. The fourth-order valence-corrected chi connectivity index (χ4v) is 1.91. The molecule has 0 aliphatic carbocycles. The maximum Gasteiger partial charge on any atom is 0.339 e. The number of non-ortho nitro benzene ring substituents is 1. The molecule has 2 rings (SSSR count). The topological polar surface area (TPSA) is 89.7 Å². The molecule has 0 spiro atoms. The fraction of sp³-hybridized carbons (Fsp3) is 0. The van der Waals surface area contributed by atoms with Crippen LogP contribution in [-0.2, 0) is 0 Å². The number of hydrogen-bond acceptors (Lipinski definition) is 4. The lowest BCUT2D eigenvalue weighted by Crippen LogP contribution is -2.01. The molecule has 8 heteroatoms. The fourth-order valence-electron chi connectivity index (χ4n) is 1.55. The number of rotatable bonds is 4. The molecule has 0 radical (unpaired) electrons. The number of carboxylic acids is 1. The average Bonchev–Trinajstić information content (AvgIpc) is 2.43. The van der Waals surface area contributed by atoms with Crippen molar-refractivity contribution in [3.8, 4) is 11.5 Å². The van der Waals surface area contributed by atoms with Crippen molar-refractivity contribution < 1.29 is 24.0 Å². The van der Waals surface area contributed by atoms with Crippen LogP contribution in [0.25, 0.3) is 0 Å². The number of halogens is 2. The molecular weight excluding hydrogens is 349 g/mol. The van der Waals surface area contributed by atoms with E-state index in [9.17, 15) is 19.3 Å². The number of hydrogen-bond donors (Lipinski definition) is 1. The lowest BCUT2D eigenvalue weighted by Gasteiger charge is -2.09. The monoisotopic (exact) mass is 355 g/mol. The summed E-state index contributed by atoms with van der Waals surface area (Å²) in [6, 6.07) is 6.98. The lowest BCUT2D eigenvalue weighted by molar-refractivity contribution is -0.384. The zero-order chi connectivity index (χ0) is 15.6. The maximum atomic E-state index is 13.1. The molecule has 0 bridgehead atoms. The second-order valence-corrected chi connectivity index (χ2v) is 4.78. The van der Waals surface area contributed by atoms with Crippen LogP contribution >= 0.6 is 15.9 Å². The van der Waals surface area contributed by atoms with E-state index in [2.05, 4.69) is 15.9 Å². The predicted octanol–water partition coefficient (Wildman–Crippen LogP) is 3.99. The predicted molar refractivity (Wildman–Crippen MR) is 74.2 cm³/mol. The molecule has 0 saturated heterocycles. The van der Waals surface area contributed by atoms with Crippen molar-refractivity contribution in [2.75, 3.05) is 0 Å². The Balaban J connectivity index is 2.41. The summed E-state index contributed by atoms with van der Waals surface area (Å²) in [5.41, 5.74) is -0.718. The van der Waals surface area contributed by atoms with Crippen LogP contribution in [0.5, 0.6) is 11.5 Å². The highest BCUT2D eigenvalue weighted by atomic mass is 79.9. The van der Waals surface area contributed by atoms with Crippen molar-refractivity contribution in [1.82, 2.24) is 0 Å². The summed E-state index contributed by atoms with van der Waals surface area (Å²) in [6.45, 7) is 0. The Morgan fingerprint density at radius 2 is 2.00 bits per heavy atom. The Kier molecular flexibility index (Phi) is 4.18. The van der Waals surface area contributed by atoms with Crippen LogP contribution in [0, 0.1) is 15.9 Å². The second kappa shape index (κ2) is 5.88. The van der Waals surface area contributed by atoms with Crippen LogP contribution < -0.4 is 4.74 Å². The summed E-state index contributed by atoms with van der Waals surface area (Å²) in [5, 5.41) is 19.7. The molecule has 21 heavy (non-hydrogen) atoms. The third kappa shape index (κ3) is 3.34. The van der Waals surface area contributed by atoms with E-state index in [4.69, 9.17) is 9.84 Å². The Bertz CT molecular complexity index is 734. The summed E-state index contributed by atoms with van der Waals surface area (Å²) in [6.07, 6.45) is 0. The standard InChI is InChI=1S/C13H7BrFNO5/c14-10-6-8(2-3-11(10)15)21-12-4-1-7(16(19)20)5-9(12)13(17)18/h1-6H,(H,17,18). The van der Waals surface area contributed by atoms with Gasteiger partial charge in [0.15, 0.2) is 0 Å². The van der Waals surface area contributed by atoms with Crippen LogP contribution in [0.15, 0.2) is 40.9 Å². The average molecular weight is 356 g/mol. The maximum absolute atomic E-state index is 13.1. The minimum atomic E-state index is -1.37. The minimum absolute atomic E-state index is 0.0772. The number of carbonyl (C=O) groups is 1. The molecule has 0 aliphatic rings. The molecule has 108 valence electrons. The largest absolute Gasteiger partial charge is 0.478 e. The summed E-state index contributed by atoms with van der Waals surface area (Å²) in [7, 11) is 0. The molecule has 0 saturated carbocycles. The Morgan fingerprint density at radius 1 is 1.29 bits per heavy atom. The SMILES string of the molecule is O=C(O)c1cc([N+](=O)[O-])ccc1Oc1ccc(F)c(Br)c1. The summed E-state index contributed by atoms with van der Waals surface area (Å²) >= 11 is 2.98. The van der Waals surface area contributed by atoms with Gasteiger partial charge in [-0.1, -0.05) is 0 Å². The normalized spacial score (nSPS) is 10.2. The molecule has 6 nitrogen and oxygen atoms in total. The first-order valence-corrected chi connectivity index (χ1v) is 6.32. The van der Waals surface area contributed by atoms with Gasteiger partial charge in [0.25, 0.3) is 5.69 Å². The highest BCUT2D eigenvalue weighted by Crippen LogP contribution is 2.30. The van der Waals surface area contributed by atoms with Crippen LogP contribution in [0.1, 0.15) is 10.4 Å². The van der Waals surface area contributed by atoms with Crippen molar-refractivity contribution in [2.24, 2.45) is 0 Å². The molecule has 0 fully saturated rings. The van der Waals surface area contributed by atoms with Gasteiger partial charge in [0, 0.05) is 12.1 Å². The van der Waals surface area contributed by atoms with Crippen molar-refractivity contribution in [3.63, 3.8) is 0 Å². The number of carboxylic acid groups (broad SMARTS) is 1. The van der Waals surface area contributed by atoms with Gasteiger partial charge in [0.1, 0.15) is 22.9 Å². The van der Waals surface area contributed by atoms with Gasteiger partial charge in [-0.3, -0.25) is 10.1 Å². The van der Waals surface area contributed by atoms with Gasteiger partial charge in [-0.25, -0.2) is 9.18 Å². The first-order chi connectivity index (χ1) is 9.88. The molecule has 0 heterocycles. The van der Waals surface area contributed by atoms with Crippen LogP contribution in [-0.4, -0.2) is 16.0 Å². The van der Waals surface area contributed by atoms with E-state index in [0.29, 0.717) is 0 Å². The van der Waals surface area contributed by atoms with Gasteiger partial charge in [0.2, 0.25) is 0 Å². The zero-order valence-corrected chi connectivity index (χ0v) is 11.8. The number of ether oxygens (including phenoxy) is 1. The molecule has 2 aromatic carbocycles. The number of benzene rings is 2. The number of nitrogens with zero attached hydrogens (tertiary/aromatic N) is 1. The summed E-state index contributed by atoms with van der Waals surface area (Å²) in [4.78, 5) is 21.1. The van der Waals surface area contributed by atoms with Gasteiger partial charge in [-0.2, -0.15) is 0 Å². The van der Waals surface area contributed by atoms with E-state index in [1.165, 1.54) is 18.2 Å². The molecule has 0 unspecified atom stereocenters. The summed E-state index contributed by atoms with van der Waals surface area (Å²) < 4.78 is 18.6.